The van der Waals surface area contributed by atoms with Gasteiger partial charge in [0, 0.05) is 45.0 Å². The summed E-state index contributed by atoms with van der Waals surface area (Å²) in [5.74, 6) is 0. The van der Waals surface area contributed by atoms with E-state index in [0.29, 0.717) is 6.54 Å². The molecule has 156 valence electrons. The molecule has 4 atom stereocenters. The molecule has 4 rings (SSSR count). The summed E-state index contributed by atoms with van der Waals surface area (Å²) >= 11 is 0. The molecule has 0 radical (unpaired) electrons. The van der Waals surface area contributed by atoms with Gasteiger partial charge in [0.1, 0.15) is 12.2 Å². The number of rotatable bonds is 7. The van der Waals surface area contributed by atoms with Crippen LogP contribution < -0.4 is 10.2 Å². The lowest BCUT2D eigenvalue weighted by Gasteiger charge is -2.41. The number of aliphatic hydroxyl groups is 2. The van der Waals surface area contributed by atoms with E-state index in [1.165, 1.54) is 11.3 Å². The molecule has 2 aliphatic rings. The van der Waals surface area contributed by atoms with Crippen molar-refractivity contribution >= 4 is 5.69 Å². The zero-order valence-electron chi connectivity index (χ0n) is 16.7. The smallest absolute Gasteiger partial charge is 0.109 e. The van der Waals surface area contributed by atoms with Crippen LogP contribution in [0.5, 0.6) is 0 Å². The molecule has 2 aromatic carbocycles. The third-order valence-corrected chi connectivity index (χ3v) is 6.02. The highest BCUT2D eigenvalue weighted by atomic mass is 16.5. The predicted molar refractivity (Wildman–Crippen MR) is 114 cm³/mol. The molecule has 2 aliphatic heterocycles. The number of anilines is 1. The van der Waals surface area contributed by atoms with E-state index in [1.54, 1.807) is 0 Å². The molecule has 0 amide bonds. The monoisotopic (exact) mass is 397 g/mol. The Morgan fingerprint density at radius 1 is 0.897 bits per heavy atom. The molecule has 6 heteroatoms. The number of ether oxygens (including phenoxy) is 1. The molecule has 3 N–H and O–H groups in total. The molecule has 2 aromatic rings. The Morgan fingerprint density at radius 2 is 1.55 bits per heavy atom. The molecule has 2 fully saturated rings. The van der Waals surface area contributed by atoms with Crippen LogP contribution in [-0.2, 0) is 11.3 Å². The number of nitrogens with one attached hydrogen (secondary N) is 1. The Hall–Kier alpha value is -1.96. The van der Waals surface area contributed by atoms with Crippen LogP contribution >= 0.6 is 0 Å². The van der Waals surface area contributed by atoms with Gasteiger partial charge in [0.2, 0.25) is 0 Å². The molecule has 0 aromatic heterocycles. The fourth-order valence-corrected chi connectivity index (χ4v) is 4.47. The SMILES string of the molecule is OC[C@@H]1O[C@H](CNCc2ccccc2)C(N2CCN(c3ccccc3)CC2)[C@@H]1O. The maximum atomic E-state index is 10.8. The molecular weight excluding hydrogens is 366 g/mol. The van der Waals surface area contributed by atoms with E-state index in [1.807, 2.05) is 24.3 Å². The van der Waals surface area contributed by atoms with Gasteiger partial charge in [0.15, 0.2) is 0 Å². The van der Waals surface area contributed by atoms with Crippen LogP contribution in [0.3, 0.4) is 0 Å². The van der Waals surface area contributed by atoms with Crippen molar-refractivity contribution in [1.82, 2.24) is 10.2 Å². The van der Waals surface area contributed by atoms with Gasteiger partial charge in [-0.05, 0) is 17.7 Å². The van der Waals surface area contributed by atoms with Crippen LogP contribution in [0, 0.1) is 0 Å². The quantitative estimate of drug-likeness (QED) is 0.650. The van der Waals surface area contributed by atoms with Crippen LogP contribution in [0.1, 0.15) is 5.56 Å². The van der Waals surface area contributed by atoms with Crippen LogP contribution in [0.2, 0.25) is 0 Å². The zero-order valence-corrected chi connectivity index (χ0v) is 16.7. The van der Waals surface area contributed by atoms with Crippen LogP contribution in [0.25, 0.3) is 0 Å². The maximum absolute atomic E-state index is 10.8. The van der Waals surface area contributed by atoms with Gasteiger partial charge in [-0.3, -0.25) is 4.90 Å². The second kappa shape index (κ2) is 9.69. The first kappa shape index (κ1) is 20.3. The Kier molecular flexibility index (Phi) is 6.79. The van der Waals surface area contributed by atoms with E-state index in [9.17, 15) is 10.2 Å². The summed E-state index contributed by atoms with van der Waals surface area (Å²) in [5, 5.41) is 23.9. The standard InChI is InChI=1S/C23H31N3O3/c27-17-21-23(28)22(20(29-21)16-24-15-18-7-3-1-4-8-18)26-13-11-25(12-14-26)19-9-5-2-6-10-19/h1-10,20-24,27-28H,11-17H2/t20-,21+,22?,23-/m1/s1. The van der Waals surface area contributed by atoms with Crippen molar-refractivity contribution in [3.8, 4) is 0 Å². The lowest BCUT2D eigenvalue weighted by atomic mass is 10.0. The first-order valence-electron chi connectivity index (χ1n) is 10.5. The van der Waals surface area contributed by atoms with Gasteiger partial charge in [-0.15, -0.1) is 0 Å². The fraction of sp³-hybridized carbons (Fsp3) is 0.478. The third kappa shape index (κ3) is 4.79. The largest absolute Gasteiger partial charge is 0.394 e. The number of para-hydroxylation sites is 1. The van der Waals surface area contributed by atoms with E-state index < -0.39 is 12.2 Å². The van der Waals surface area contributed by atoms with E-state index in [0.717, 1.165) is 32.7 Å². The highest BCUT2D eigenvalue weighted by molar-refractivity contribution is 5.46. The summed E-state index contributed by atoms with van der Waals surface area (Å²) in [6.07, 6.45) is -1.34. The van der Waals surface area contributed by atoms with Crippen molar-refractivity contribution in [3.05, 3.63) is 66.2 Å². The van der Waals surface area contributed by atoms with Crippen LogP contribution in [0.4, 0.5) is 5.69 Å². The second-order valence-electron chi connectivity index (χ2n) is 7.85. The van der Waals surface area contributed by atoms with E-state index >= 15 is 0 Å². The molecule has 0 spiro atoms. The van der Waals surface area contributed by atoms with Crippen molar-refractivity contribution in [2.75, 3.05) is 44.2 Å². The first-order valence-corrected chi connectivity index (χ1v) is 10.5. The second-order valence-corrected chi connectivity index (χ2v) is 7.85. The molecule has 0 aliphatic carbocycles. The van der Waals surface area contributed by atoms with Gasteiger partial charge in [0.25, 0.3) is 0 Å². The van der Waals surface area contributed by atoms with Crippen molar-refractivity contribution in [3.63, 3.8) is 0 Å². The van der Waals surface area contributed by atoms with Gasteiger partial charge in [-0.25, -0.2) is 0 Å². The molecule has 1 unspecified atom stereocenters. The summed E-state index contributed by atoms with van der Waals surface area (Å²) in [7, 11) is 0. The summed E-state index contributed by atoms with van der Waals surface area (Å²) in [6.45, 7) is 4.82. The van der Waals surface area contributed by atoms with Gasteiger partial charge in [-0.1, -0.05) is 48.5 Å². The minimum Gasteiger partial charge on any atom is -0.394 e. The summed E-state index contributed by atoms with van der Waals surface area (Å²) in [5.41, 5.74) is 2.46. The first-order chi connectivity index (χ1) is 14.3. The number of hydrogen-bond acceptors (Lipinski definition) is 6. The van der Waals surface area contributed by atoms with Crippen molar-refractivity contribution in [1.29, 1.82) is 0 Å². The summed E-state index contributed by atoms with van der Waals surface area (Å²) in [4.78, 5) is 4.71. The summed E-state index contributed by atoms with van der Waals surface area (Å²) < 4.78 is 6.02. The molecule has 29 heavy (non-hydrogen) atoms. The number of hydrogen-bond donors (Lipinski definition) is 3. The topological polar surface area (TPSA) is 68.2 Å². The predicted octanol–water partition coefficient (Wildman–Crippen LogP) is 1.09. The number of aliphatic hydroxyl groups excluding tert-OH is 2. The van der Waals surface area contributed by atoms with Gasteiger partial charge < -0.3 is 25.2 Å². The fourth-order valence-electron chi connectivity index (χ4n) is 4.47. The molecule has 6 nitrogen and oxygen atoms in total. The third-order valence-electron chi connectivity index (χ3n) is 6.02. The van der Waals surface area contributed by atoms with Crippen molar-refractivity contribution < 1.29 is 14.9 Å². The molecule has 0 bridgehead atoms. The van der Waals surface area contributed by atoms with Crippen molar-refractivity contribution in [2.45, 2.75) is 30.9 Å². The Labute approximate surface area is 172 Å². The van der Waals surface area contributed by atoms with E-state index in [4.69, 9.17) is 4.74 Å². The minimum absolute atomic E-state index is 0.103. The number of nitrogens with zero attached hydrogens (tertiary/aromatic N) is 2. The maximum Gasteiger partial charge on any atom is 0.109 e. The molecular formula is C23H31N3O3. The Bertz CT molecular complexity index is 738. The number of benzene rings is 2. The van der Waals surface area contributed by atoms with Crippen molar-refractivity contribution in [2.24, 2.45) is 0 Å². The van der Waals surface area contributed by atoms with Gasteiger partial charge in [-0.2, -0.15) is 0 Å². The lowest BCUT2D eigenvalue weighted by Crippen LogP contribution is -2.57. The van der Waals surface area contributed by atoms with Gasteiger partial charge in [0.05, 0.1) is 18.8 Å². The average Bonchev–Trinajstić information content (AvgIpc) is 3.10. The van der Waals surface area contributed by atoms with Gasteiger partial charge >= 0.3 is 0 Å². The highest BCUT2D eigenvalue weighted by Crippen LogP contribution is 2.27. The molecule has 2 heterocycles. The highest BCUT2D eigenvalue weighted by Gasteiger charge is 2.46. The zero-order chi connectivity index (χ0) is 20.1. The minimum atomic E-state index is -0.674. The Balaban J connectivity index is 1.36. The van der Waals surface area contributed by atoms with Crippen LogP contribution in [0.15, 0.2) is 60.7 Å². The van der Waals surface area contributed by atoms with E-state index in [-0.39, 0.29) is 18.8 Å². The Morgan fingerprint density at radius 3 is 2.21 bits per heavy atom. The van der Waals surface area contributed by atoms with E-state index in [2.05, 4.69) is 51.5 Å². The lowest BCUT2D eigenvalue weighted by molar-refractivity contribution is -0.0213. The molecule has 2 saturated heterocycles. The summed E-state index contributed by atoms with van der Waals surface area (Å²) in [6, 6.07) is 20.6. The average molecular weight is 398 g/mol. The normalized spacial score (nSPS) is 28.0. The molecule has 0 saturated carbocycles. The van der Waals surface area contributed by atoms with Crippen LogP contribution in [-0.4, -0.2) is 78.8 Å². The number of piperazine rings is 1.